The topological polar surface area (TPSA) is 24.1 Å². The third-order valence-electron chi connectivity index (χ3n) is 4.71. The van der Waals surface area contributed by atoms with Crippen LogP contribution in [0.4, 0.5) is 0 Å². The molecule has 122 valence electrons. The summed E-state index contributed by atoms with van der Waals surface area (Å²) in [4.78, 5) is 0. The number of hydrogen-bond acceptors (Lipinski definition) is 2. The van der Waals surface area contributed by atoms with E-state index in [-0.39, 0.29) is 10.9 Å². The summed E-state index contributed by atoms with van der Waals surface area (Å²) in [5, 5.41) is 7.77. The van der Waals surface area contributed by atoms with Gasteiger partial charge in [0.2, 0.25) is 0 Å². The van der Waals surface area contributed by atoms with Crippen LogP contribution in [0.3, 0.4) is 0 Å². The average Bonchev–Trinajstić information content (AvgIpc) is 2.61. The molecule has 0 saturated carbocycles. The lowest BCUT2D eigenvalue weighted by Crippen LogP contribution is -2.46. The lowest BCUT2D eigenvalue weighted by atomic mass is 9.73. The molecular weight excluding hydrogens is 327 g/mol. The SMILES string of the molecule is Clc1cccc(C2(CNC(Cl)c3ccccc3)CCNCC2)c1. The maximum atomic E-state index is 6.55. The molecule has 1 saturated heterocycles. The first-order valence-electron chi connectivity index (χ1n) is 8.09. The highest BCUT2D eigenvalue weighted by atomic mass is 35.5. The van der Waals surface area contributed by atoms with Gasteiger partial charge in [-0.2, -0.15) is 0 Å². The minimum absolute atomic E-state index is 0.0814. The number of rotatable bonds is 5. The maximum Gasteiger partial charge on any atom is 0.108 e. The van der Waals surface area contributed by atoms with Crippen LogP contribution in [0.1, 0.15) is 29.5 Å². The second-order valence-electron chi connectivity index (χ2n) is 6.19. The molecule has 2 nitrogen and oxygen atoms in total. The Bertz CT molecular complexity index is 624. The van der Waals surface area contributed by atoms with Gasteiger partial charge in [-0.3, -0.25) is 5.32 Å². The van der Waals surface area contributed by atoms with Gasteiger partial charge in [0.15, 0.2) is 0 Å². The molecule has 1 unspecified atom stereocenters. The van der Waals surface area contributed by atoms with Crippen molar-refractivity contribution in [3.05, 3.63) is 70.7 Å². The summed E-state index contributed by atoms with van der Waals surface area (Å²) in [5.41, 5.74) is 2.31. The van der Waals surface area contributed by atoms with Gasteiger partial charge in [0, 0.05) is 17.0 Å². The molecule has 2 aromatic carbocycles. The number of nitrogens with one attached hydrogen (secondary N) is 2. The predicted octanol–water partition coefficient (Wildman–Crippen LogP) is 4.49. The van der Waals surface area contributed by atoms with Gasteiger partial charge in [-0.05, 0) is 49.2 Å². The minimum atomic E-state index is -0.179. The highest BCUT2D eigenvalue weighted by Crippen LogP contribution is 2.35. The Balaban J connectivity index is 1.77. The molecule has 1 heterocycles. The van der Waals surface area contributed by atoms with Crippen LogP contribution in [0, 0.1) is 0 Å². The molecule has 0 bridgehead atoms. The van der Waals surface area contributed by atoms with Crippen molar-refractivity contribution in [2.45, 2.75) is 23.8 Å². The van der Waals surface area contributed by atoms with E-state index in [1.54, 1.807) is 0 Å². The van der Waals surface area contributed by atoms with Crippen molar-refractivity contribution in [1.29, 1.82) is 0 Å². The number of benzene rings is 2. The Hall–Kier alpha value is -1.06. The first kappa shape index (κ1) is 16.8. The Morgan fingerprint density at radius 1 is 1.04 bits per heavy atom. The largest absolute Gasteiger partial charge is 0.317 e. The lowest BCUT2D eigenvalue weighted by molar-refractivity contribution is 0.291. The summed E-state index contributed by atoms with van der Waals surface area (Å²) in [7, 11) is 0. The van der Waals surface area contributed by atoms with Crippen LogP contribution in [0.5, 0.6) is 0 Å². The fourth-order valence-electron chi connectivity index (χ4n) is 3.32. The van der Waals surface area contributed by atoms with Gasteiger partial charge < -0.3 is 5.32 Å². The molecule has 1 fully saturated rings. The van der Waals surface area contributed by atoms with Gasteiger partial charge in [-0.25, -0.2) is 0 Å². The summed E-state index contributed by atoms with van der Waals surface area (Å²) in [6.45, 7) is 2.89. The van der Waals surface area contributed by atoms with Gasteiger partial charge in [0.1, 0.15) is 5.50 Å². The number of alkyl halides is 1. The van der Waals surface area contributed by atoms with Crippen LogP contribution in [0.25, 0.3) is 0 Å². The van der Waals surface area contributed by atoms with Crippen LogP contribution < -0.4 is 10.6 Å². The maximum absolute atomic E-state index is 6.55. The van der Waals surface area contributed by atoms with E-state index in [0.29, 0.717) is 0 Å². The van der Waals surface area contributed by atoms with Gasteiger partial charge in [0.05, 0.1) is 0 Å². The van der Waals surface area contributed by atoms with Crippen molar-refractivity contribution in [2.75, 3.05) is 19.6 Å². The summed E-state index contributed by atoms with van der Waals surface area (Å²) in [6, 6.07) is 18.4. The van der Waals surface area contributed by atoms with E-state index in [1.807, 2.05) is 30.3 Å². The van der Waals surface area contributed by atoms with Crippen LogP contribution in [-0.2, 0) is 5.41 Å². The summed E-state index contributed by atoms with van der Waals surface area (Å²) < 4.78 is 0. The van der Waals surface area contributed by atoms with E-state index in [9.17, 15) is 0 Å². The van der Waals surface area contributed by atoms with Crippen molar-refractivity contribution in [3.63, 3.8) is 0 Å². The third kappa shape index (κ3) is 4.07. The van der Waals surface area contributed by atoms with Gasteiger partial charge >= 0.3 is 0 Å². The molecule has 0 amide bonds. The van der Waals surface area contributed by atoms with E-state index in [2.05, 4.69) is 34.9 Å². The van der Waals surface area contributed by atoms with E-state index < -0.39 is 0 Å². The van der Waals surface area contributed by atoms with Gasteiger partial charge in [-0.15, -0.1) is 11.6 Å². The highest BCUT2D eigenvalue weighted by Gasteiger charge is 2.34. The third-order valence-corrected chi connectivity index (χ3v) is 5.35. The first-order valence-corrected chi connectivity index (χ1v) is 8.90. The summed E-state index contributed by atoms with van der Waals surface area (Å²) in [6.07, 6.45) is 2.16. The van der Waals surface area contributed by atoms with Crippen molar-refractivity contribution in [2.24, 2.45) is 0 Å². The Morgan fingerprint density at radius 2 is 1.78 bits per heavy atom. The Labute approximate surface area is 148 Å². The molecule has 0 spiro atoms. The van der Waals surface area contributed by atoms with Crippen LogP contribution in [-0.4, -0.2) is 19.6 Å². The second-order valence-corrected chi connectivity index (χ2v) is 7.07. The second kappa shape index (κ2) is 7.67. The molecule has 1 aliphatic rings. The molecular formula is C19H22Cl2N2. The highest BCUT2D eigenvalue weighted by molar-refractivity contribution is 6.30. The van der Waals surface area contributed by atoms with E-state index in [4.69, 9.17) is 23.2 Å². The fraction of sp³-hybridized carbons (Fsp3) is 0.368. The quantitative estimate of drug-likeness (QED) is 0.614. The number of piperidine rings is 1. The first-order chi connectivity index (χ1) is 11.2. The molecule has 1 aliphatic heterocycles. The fourth-order valence-corrected chi connectivity index (χ4v) is 3.73. The zero-order valence-electron chi connectivity index (χ0n) is 13.1. The van der Waals surface area contributed by atoms with E-state index in [0.717, 1.165) is 43.1 Å². The standard InChI is InChI=1S/C19H22Cl2N2/c20-17-8-4-7-16(13-17)19(9-11-22-12-10-19)14-23-18(21)15-5-2-1-3-6-15/h1-8,13,18,22-23H,9-12,14H2. The Kier molecular flexibility index (Phi) is 5.60. The minimum Gasteiger partial charge on any atom is -0.317 e. The van der Waals surface area contributed by atoms with E-state index >= 15 is 0 Å². The van der Waals surface area contributed by atoms with Crippen LogP contribution in [0.2, 0.25) is 5.02 Å². The zero-order valence-corrected chi connectivity index (χ0v) is 14.6. The van der Waals surface area contributed by atoms with Crippen molar-refractivity contribution < 1.29 is 0 Å². The van der Waals surface area contributed by atoms with Crippen molar-refractivity contribution >= 4 is 23.2 Å². The average molecular weight is 349 g/mol. The summed E-state index contributed by atoms with van der Waals surface area (Å²) >= 11 is 12.8. The lowest BCUT2D eigenvalue weighted by Gasteiger charge is -2.39. The predicted molar refractivity (Wildman–Crippen MR) is 98.3 cm³/mol. The zero-order chi connectivity index (χ0) is 16.1. The van der Waals surface area contributed by atoms with E-state index in [1.165, 1.54) is 5.56 Å². The number of hydrogen-bond donors (Lipinski definition) is 2. The van der Waals surface area contributed by atoms with Crippen LogP contribution in [0.15, 0.2) is 54.6 Å². The van der Waals surface area contributed by atoms with Crippen molar-refractivity contribution in [1.82, 2.24) is 10.6 Å². The molecule has 1 atom stereocenters. The molecule has 0 aliphatic carbocycles. The Morgan fingerprint density at radius 3 is 2.48 bits per heavy atom. The molecule has 0 aromatic heterocycles. The normalized spacial score (nSPS) is 18.5. The number of halogens is 2. The molecule has 3 rings (SSSR count). The molecule has 2 N–H and O–H groups in total. The summed E-state index contributed by atoms with van der Waals surface area (Å²) in [5.74, 6) is 0. The monoisotopic (exact) mass is 348 g/mol. The van der Waals surface area contributed by atoms with Crippen LogP contribution >= 0.6 is 23.2 Å². The molecule has 4 heteroatoms. The molecule has 0 radical (unpaired) electrons. The smallest absolute Gasteiger partial charge is 0.108 e. The molecule has 2 aromatic rings. The van der Waals surface area contributed by atoms with Crippen molar-refractivity contribution in [3.8, 4) is 0 Å². The van der Waals surface area contributed by atoms with Gasteiger partial charge in [0.25, 0.3) is 0 Å². The van der Waals surface area contributed by atoms with Gasteiger partial charge in [-0.1, -0.05) is 54.1 Å². The molecule has 23 heavy (non-hydrogen) atoms.